The number of carboxylic acid groups (broad SMARTS) is 1. The van der Waals surface area contributed by atoms with Crippen molar-refractivity contribution in [3.05, 3.63) is 34.3 Å². The molecular weight excluding hydrogens is 346 g/mol. The van der Waals surface area contributed by atoms with Gasteiger partial charge < -0.3 is 10.4 Å². The predicted molar refractivity (Wildman–Crippen MR) is 88.6 cm³/mol. The third-order valence-electron chi connectivity index (χ3n) is 4.61. The molecule has 1 amide bonds. The summed E-state index contributed by atoms with van der Waals surface area (Å²) >= 11 is 3.44. The van der Waals surface area contributed by atoms with Gasteiger partial charge in [-0.3, -0.25) is 9.59 Å². The van der Waals surface area contributed by atoms with E-state index in [1.54, 1.807) is 6.92 Å². The van der Waals surface area contributed by atoms with E-state index in [2.05, 4.69) is 21.2 Å². The molecule has 3 atom stereocenters. The van der Waals surface area contributed by atoms with Crippen LogP contribution in [0.15, 0.2) is 28.7 Å². The molecular formula is C17H22BrNO3. The van der Waals surface area contributed by atoms with E-state index in [-0.39, 0.29) is 30.1 Å². The quantitative estimate of drug-likeness (QED) is 0.807. The Kier molecular flexibility index (Phi) is 4.95. The number of benzene rings is 1. The summed E-state index contributed by atoms with van der Waals surface area (Å²) in [5.41, 5.74) is 0.437. The number of aliphatic carboxylic acids is 1. The lowest BCUT2D eigenvalue weighted by atomic mass is 9.85. The van der Waals surface area contributed by atoms with Crippen molar-refractivity contribution in [3.8, 4) is 0 Å². The third kappa shape index (κ3) is 3.88. The summed E-state index contributed by atoms with van der Waals surface area (Å²) in [7, 11) is 0. The van der Waals surface area contributed by atoms with Crippen molar-refractivity contribution < 1.29 is 14.7 Å². The number of amides is 1. The lowest BCUT2D eigenvalue weighted by Gasteiger charge is -2.33. The fraction of sp³-hybridized carbons (Fsp3) is 0.529. The molecule has 3 unspecified atom stereocenters. The summed E-state index contributed by atoms with van der Waals surface area (Å²) in [6, 6.07) is 8.00. The zero-order valence-corrected chi connectivity index (χ0v) is 14.7. The first kappa shape index (κ1) is 17.0. The van der Waals surface area contributed by atoms with Crippen molar-refractivity contribution in [1.82, 2.24) is 5.32 Å². The lowest BCUT2D eigenvalue weighted by Crippen LogP contribution is -2.51. The van der Waals surface area contributed by atoms with E-state index in [4.69, 9.17) is 5.11 Å². The molecule has 1 aliphatic rings. The lowest BCUT2D eigenvalue weighted by molar-refractivity contribution is -0.139. The van der Waals surface area contributed by atoms with Gasteiger partial charge in [0.25, 0.3) is 0 Å². The van der Waals surface area contributed by atoms with Crippen molar-refractivity contribution in [2.45, 2.75) is 45.1 Å². The van der Waals surface area contributed by atoms with Gasteiger partial charge in [-0.15, -0.1) is 0 Å². The summed E-state index contributed by atoms with van der Waals surface area (Å²) in [5.74, 6) is -0.700. The van der Waals surface area contributed by atoms with E-state index in [9.17, 15) is 9.59 Å². The van der Waals surface area contributed by atoms with Gasteiger partial charge in [-0.05, 0) is 42.9 Å². The predicted octanol–water partition coefficient (Wildman–Crippen LogP) is 3.56. The second-order valence-corrected chi connectivity index (χ2v) is 7.55. The van der Waals surface area contributed by atoms with Crippen LogP contribution in [0.4, 0.5) is 0 Å². The van der Waals surface area contributed by atoms with Crippen LogP contribution in [-0.4, -0.2) is 22.5 Å². The minimum Gasteiger partial charge on any atom is -0.481 e. The maximum atomic E-state index is 12.5. The Morgan fingerprint density at radius 3 is 2.68 bits per heavy atom. The maximum Gasteiger partial charge on any atom is 0.305 e. The normalized spacial score (nSPS) is 23.0. The zero-order valence-electron chi connectivity index (χ0n) is 13.1. The molecule has 5 heteroatoms. The highest BCUT2D eigenvalue weighted by molar-refractivity contribution is 9.10. The van der Waals surface area contributed by atoms with E-state index < -0.39 is 11.5 Å². The molecule has 0 spiro atoms. The highest BCUT2D eigenvalue weighted by atomic mass is 79.9. The van der Waals surface area contributed by atoms with Gasteiger partial charge in [0.05, 0.1) is 6.42 Å². The largest absolute Gasteiger partial charge is 0.481 e. The molecule has 1 aliphatic carbocycles. The highest BCUT2D eigenvalue weighted by Crippen LogP contribution is 2.48. The van der Waals surface area contributed by atoms with E-state index in [0.717, 1.165) is 16.5 Å². The van der Waals surface area contributed by atoms with Crippen LogP contribution in [0.3, 0.4) is 0 Å². The zero-order chi connectivity index (χ0) is 16.5. The summed E-state index contributed by atoms with van der Waals surface area (Å²) in [6.07, 6.45) is 0.758. The first-order chi connectivity index (χ1) is 10.2. The average Bonchev–Trinajstić information content (AvgIpc) is 3.17. The van der Waals surface area contributed by atoms with Gasteiger partial charge in [0.15, 0.2) is 0 Å². The van der Waals surface area contributed by atoms with Gasteiger partial charge >= 0.3 is 5.97 Å². The minimum absolute atomic E-state index is 0.0394. The molecule has 0 aromatic heterocycles. The molecule has 0 bridgehead atoms. The van der Waals surface area contributed by atoms with Crippen molar-refractivity contribution in [2.75, 3.05) is 0 Å². The highest BCUT2D eigenvalue weighted by Gasteiger charge is 2.46. The van der Waals surface area contributed by atoms with Crippen molar-refractivity contribution in [3.63, 3.8) is 0 Å². The summed E-state index contributed by atoms with van der Waals surface area (Å²) < 4.78 is 1.01. The average molecular weight is 368 g/mol. The van der Waals surface area contributed by atoms with E-state index >= 15 is 0 Å². The Hall–Kier alpha value is -1.36. The van der Waals surface area contributed by atoms with Crippen LogP contribution < -0.4 is 5.32 Å². The van der Waals surface area contributed by atoms with Gasteiger partial charge in [0, 0.05) is 15.9 Å². The van der Waals surface area contributed by atoms with Crippen LogP contribution in [0, 0.1) is 11.8 Å². The third-order valence-corrected chi connectivity index (χ3v) is 5.10. The van der Waals surface area contributed by atoms with Gasteiger partial charge in [-0.2, -0.15) is 0 Å². The van der Waals surface area contributed by atoms with E-state index in [1.165, 1.54) is 0 Å². The molecule has 22 heavy (non-hydrogen) atoms. The molecule has 1 aromatic rings. The number of nitrogens with one attached hydrogen (secondary N) is 1. The van der Waals surface area contributed by atoms with Crippen LogP contribution in [0.25, 0.3) is 0 Å². The Labute approximate surface area is 139 Å². The summed E-state index contributed by atoms with van der Waals surface area (Å²) in [5, 5.41) is 12.0. The van der Waals surface area contributed by atoms with Crippen molar-refractivity contribution in [1.29, 1.82) is 0 Å². The smallest absolute Gasteiger partial charge is 0.305 e. The van der Waals surface area contributed by atoms with Crippen molar-refractivity contribution >= 4 is 27.8 Å². The summed E-state index contributed by atoms with van der Waals surface area (Å²) in [4.78, 5) is 23.5. The first-order valence-electron chi connectivity index (χ1n) is 7.52. The molecule has 0 heterocycles. The monoisotopic (exact) mass is 367 g/mol. The fourth-order valence-electron chi connectivity index (χ4n) is 2.67. The van der Waals surface area contributed by atoms with E-state index in [0.29, 0.717) is 0 Å². The summed E-state index contributed by atoms with van der Waals surface area (Å²) in [6.45, 7) is 5.67. The number of hydrogen-bond donors (Lipinski definition) is 2. The fourth-order valence-corrected chi connectivity index (χ4v) is 3.09. The number of halogens is 1. The number of carbonyl (C=O) groups is 2. The Balaban J connectivity index is 2.02. The molecule has 2 rings (SSSR count). The van der Waals surface area contributed by atoms with Gasteiger partial charge in [-0.25, -0.2) is 0 Å². The van der Waals surface area contributed by atoms with Crippen molar-refractivity contribution in [2.24, 2.45) is 11.8 Å². The minimum atomic E-state index is -0.893. The first-order valence-corrected chi connectivity index (χ1v) is 8.31. The van der Waals surface area contributed by atoms with Crippen LogP contribution in [-0.2, 0) is 9.59 Å². The second-order valence-electron chi connectivity index (χ2n) is 6.64. The maximum absolute atomic E-state index is 12.5. The molecule has 1 saturated carbocycles. The molecule has 0 radical (unpaired) electrons. The number of hydrogen-bond acceptors (Lipinski definition) is 2. The molecule has 0 saturated heterocycles. The van der Waals surface area contributed by atoms with Crippen LogP contribution >= 0.6 is 15.9 Å². The van der Waals surface area contributed by atoms with Gasteiger partial charge in [0.1, 0.15) is 0 Å². The SMILES string of the molecule is CC(C)C(C)(CC(=O)O)NC(=O)C1CC1c1cccc(Br)c1. The van der Waals surface area contributed by atoms with Crippen LogP contribution in [0.1, 0.15) is 45.1 Å². The second kappa shape index (κ2) is 6.41. The molecule has 1 aromatic carbocycles. The number of rotatable bonds is 6. The standard InChI is InChI=1S/C17H22BrNO3/c1-10(2)17(3,9-15(20)21)19-16(22)14-8-13(14)11-5-4-6-12(18)7-11/h4-7,10,13-14H,8-9H2,1-3H3,(H,19,22)(H,20,21). The molecule has 0 aliphatic heterocycles. The van der Waals surface area contributed by atoms with Crippen LogP contribution in [0.5, 0.6) is 0 Å². The van der Waals surface area contributed by atoms with Gasteiger partial charge in [0.2, 0.25) is 5.91 Å². The number of carboxylic acids is 1. The Morgan fingerprint density at radius 1 is 1.45 bits per heavy atom. The Morgan fingerprint density at radius 2 is 2.14 bits per heavy atom. The molecule has 120 valence electrons. The number of carbonyl (C=O) groups excluding carboxylic acids is 1. The molecule has 1 fully saturated rings. The van der Waals surface area contributed by atoms with Crippen LogP contribution in [0.2, 0.25) is 0 Å². The topological polar surface area (TPSA) is 66.4 Å². The van der Waals surface area contributed by atoms with Gasteiger partial charge in [-0.1, -0.05) is 41.9 Å². The van der Waals surface area contributed by atoms with E-state index in [1.807, 2.05) is 38.1 Å². The molecule has 4 nitrogen and oxygen atoms in total. The Bertz CT molecular complexity index is 587. The molecule has 2 N–H and O–H groups in total.